The third kappa shape index (κ3) is 1.26. The van der Waals surface area contributed by atoms with Crippen molar-refractivity contribution < 1.29 is 0 Å². The molecule has 2 rings (SSSR count). The normalized spacial score (nSPS) is 24.3. The van der Waals surface area contributed by atoms with Gasteiger partial charge in [0.15, 0.2) is 5.82 Å². The largest absolute Gasteiger partial charge is 0.316 e. The van der Waals surface area contributed by atoms with Crippen molar-refractivity contribution in [1.29, 1.82) is 0 Å². The number of aryl methyl sites for hydroxylation is 1. The highest BCUT2D eigenvalue weighted by Crippen LogP contribution is 2.17. The number of hydrogen-bond donors (Lipinski definition) is 2. The standard InChI is InChI=1S/C7H12N4/c1-5-9-7(11-10-5)6-2-3-8-4-6/h6,8H,2-4H2,1H3,(H,9,10,11)/t6-/m1/s1. The van der Waals surface area contributed by atoms with E-state index in [4.69, 9.17) is 0 Å². The van der Waals surface area contributed by atoms with Crippen LogP contribution < -0.4 is 5.32 Å². The van der Waals surface area contributed by atoms with Gasteiger partial charge in [-0.25, -0.2) is 4.98 Å². The summed E-state index contributed by atoms with van der Waals surface area (Å²) in [6, 6.07) is 0. The van der Waals surface area contributed by atoms with E-state index in [1.807, 2.05) is 6.92 Å². The molecule has 0 saturated carbocycles. The molecule has 1 saturated heterocycles. The molecule has 1 atom stereocenters. The molecule has 1 aromatic rings. The number of hydrogen-bond acceptors (Lipinski definition) is 3. The van der Waals surface area contributed by atoms with E-state index < -0.39 is 0 Å². The van der Waals surface area contributed by atoms with E-state index in [1.54, 1.807) is 0 Å². The summed E-state index contributed by atoms with van der Waals surface area (Å²) < 4.78 is 0. The Hall–Kier alpha value is -0.900. The van der Waals surface area contributed by atoms with Gasteiger partial charge in [-0.15, -0.1) is 0 Å². The molecule has 0 aromatic carbocycles. The fraction of sp³-hybridized carbons (Fsp3) is 0.714. The van der Waals surface area contributed by atoms with Crippen molar-refractivity contribution in [3.63, 3.8) is 0 Å². The van der Waals surface area contributed by atoms with Gasteiger partial charge in [-0.1, -0.05) is 0 Å². The second kappa shape index (κ2) is 2.62. The first-order chi connectivity index (χ1) is 5.36. The van der Waals surface area contributed by atoms with Gasteiger partial charge in [0.25, 0.3) is 0 Å². The van der Waals surface area contributed by atoms with Gasteiger partial charge in [-0.05, 0) is 19.9 Å². The fourth-order valence-electron chi connectivity index (χ4n) is 1.42. The zero-order chi connectivity index (χ0) is 7.68. The maximum Gasteiger partial charge on any atom is 0.155 e. The lowest BCUT2D eigenvalue weighted by atomic mass is 10.1. The van der Waals surface area contributed by atoms with Gasteiger partial charge in [0.2, 0.25) is 0 Å². The monoisotopic (exact) mass is 152 g/mol. The minimum atomic E-state index is 0.528. The van der Waals surface area contributed by atoms with Crippen molar-refractivity contribution in [2.24, 2.45) is 0 Å². The van der Waals surface area contributed by atoms with Crippen LogP contribution in [0.25, 0.3) is 0 Å². The van der Waals surface area contributed by atoms with Crippen LogP contribution in [0.1, 0.15) is 24.0 Å². The number of aromatic amines is 1. The van der Waals surface area contributed by atoms with Gasteiger partial charge in [0.1, 0.15) is 5.82 Å². The molecule has 0 amide bonds. The number of aromatic nitrogens is 3. The molecule has 0 bridgehead atoms. The van der Waals surface area contributed by atoms with E-state index in [0.717, 1.165) is 31.2 Å². The Balaban J connectivity index is 2.15. The molecule has 2 heterocycles. The van der Waals surface area contributed by atoms with Crippen LogP contribution in [0.15, 0.2) is 0 Å². The molecule has 11 heavy (non-hydrogen) atoms. The van der Waals surface area contributed by atoms with Crippen molar-refractivity contribution in [1.82, 2.24) is 20.5 Å². The van der Waals surface area contributed by atoms with Crippen LogP contribution in [0.4, 0.5) is 0 Å². The van der Waals surface area contributed by atoms with E-state index in [-0.39, 0.29) is 0 Å². The summed E-state index contributed by atoms with van der Waals surface area (Å²) in [7, 11) is 0. The van der Waals surface area contributed by atoms with E-state index in [9.17, 15) is 0 Å². The number of rotatable bonds is 1. The van der Waals surface area contributed by atoms with Crippen LogP contribution in [0.2, 0.25) is 0 Å². The lowest BCUT2D eigenvalue weighted by Gasteiger charge is -1.99. The average Bonchev–Trinajstić information content (AvgIpc) is 2.55. The number of nitrogens with zero attached hydrogens (tertiary/aromatic N) is 2. The highest BCUT2D eigenvalue weighted by atomic mass is 15.2. The first-order valence-electron chi connectivity index (χ1n) is 3.96. The topological polar surface area (TPSA) is 53.6 Å². The van der Waals surface area contributed by atoms with Crippen molar-refractivity contribution in [2.75, 3.05) is 13.1 Å². The second-order valence-electron chi connectivity index (χ2n) is 2.97. The fourth-order valence-corrected chi connectivity index (χ4v) is 1.42. The Morgan fingerprint density at radius 2 is 2.45 bits per heavy atom. The van der Waals surface area contributed by atoms with Crippen molar-refractivity contribution in [3.8, 4) is 0 Å². The minimum absolute atomic E-state index is 0.528. The summed E-state index contributed by atoms with van der Waals surface area (Å²) in [5.41, 5.74) is 0. The van der Waals surface area contributed by atoms with Crippen LogP contribution in [-0.2, 0) is 0 Å². The maximum atomic E-state index is 4.29. The maximum absolute atomic E-state index is 4.29. The molecular formula is C7H12N4. The lowest BCUT2D eigenvalue weighted by Crippen LogP contribution is -2.08. The van der Waals surface area contributed by atoms with E-state index in [0.29, 0.717) is 5.92 Å². The lowest BCUT2D eigenvalue weighted by molar-refractivity contribution is 0.706. The molecule has 0 unspecified atom stereocenters. The first-order valence-corrected chi connectivity index (χ1v) is 3.96. The number of nitrogens with one attached hydrogen (secondary N) is 2. The van der Waals surface area contributed by atoms with Crippen molar-refractivity contribution in [3.05, 3.63) is 11.6 Å². The summed E-state index contributed by atoms with van der Waals surface area (Å²) >= 11 is 0. The van der Waals surface area contributed by atoms with Gasteiger partial charge >= 0.3 is 0 Å². The minimum Gasteiger partial charge on any atom is -0.316 e. The molecule has 0 radical (unpaired) electrons. The molecule has 0 aliphatic carbocycles. The molecule has 60 valence electrons. The Kier molecular flexibility index (Phi) is 1.62. The molecular weight excluding hydrogens is 140 g/mol. The zero-order valence-corrected chi connectivity index (χ0v) is 6.59. The van der Waals surface area contributed by atoms with Crippen LogP contribution in [0.3, 0.4) is 0 Å². The van der Waals surface area contributed by atoms with E-state index in [1.165, 1.54) is 0 Å². The van der Waals surface area contributed by atoms with Gasteiger partial charge in [0, 0.05) is 12.5 Å². The Labute approximate surface area is 65.4 Å². The van der Waals surface area contributed by atoms with Crippen LogP contribution >= 0.6 is 0 Å². The second-order valence-corrected chi connectivity index (χ2v) is 2.97. The molecule has 4 heteroatoms. The molecule has 1 aliphatic rings. The Morgan fingerprint density at radius 3 is 3.00 bits per heavy atom. The van der Waals surface area contributed by atoms with Crippen LogP contribution in [0.5, 0.6) is 0 Å². The molecule has 1 fully saturated rings. The van der Waals surface area contributed by atoms with Crippen LogP contribution in [-0.4, -0.2) is 28.3 Å². The third-order valence-electron chi connectivity index (χ3n) is 2.04. The molecule has 1 aromatic heterocycles. The highest BCUT2D eigenvalue weighted by Gasteiger charge is 2.19. The predicted octanol–water partition coefficient (Wildman–Crippen LogP) is 0.190. The summed E-state index contributed by atoms with van der Waals surface area (Å²) in [6.45, 7) is 4.05. The van der Waals surface area contributed by atoms with Gasteiger partial charge in [-0.2, -0.15) is 5.10 Å². The highest BCUT2D eigenvalue weighted by molar-refractivity contribution is 5.00. The summed E-state index contributed by atoms with van der Waals surface area (Å²) in [5, 5.41) is 10.3. The Bertz CT molecular complexity index is 236. The SMILES string of the molecule is Cc1nc([C@@H]2CCNC2)n[nH]1. The molecule has 4 nitrogen and oxygen atoms in total. The third-order valence-corrected chi connectivity index (χ3v) is 2.04. The molecule has 0 spiro atoms. The summed E-state index contributed by atoms with van der Waals surface area (Å²) in [6.07, 6.45) is 1.16. The first kappa shape index (κ1) is 6.79. The molecule has 2 N–H and O–H groups in total. The van der Waals surface area contributed by atoms with Gasteiger partial charge in [-0.3, -0.25) is 5.10 Å². The van der Waals surface area contributed by atoms with Gasteiger partial charge < -0.3 is 5.32 Å². The van der Waals surface area contributed by atoms with E-state index in [2.05, 4.69) is 20.5 Å². The number of H-pyrrole nitrogens is 1. The van der Waals surface area contributed by atoms with Crippen molar-refractivity contribution in [2.45, 2.75) is 19.3 Å². The predicted molar refractivity (Wildman–Crippen MR) is 41.3 cm³/mol. The quantitative estimate of drug-likeness (QED) is 0.604. The average molecular weight is 152 g/mol. The Morgan fingerprint density at radius 1 is 1.55 bits per heavy atom. The summed E-state index contributed by atoms with van der Waals surface area (Å²) in [5.74, 6) is 2.40. The summed E-state index contributed by atoms with van der Waals surface area (Å²) in [4.78, 5) is 4.29. The van der Waals surface area contributed by atoms with Crippen LogP contribution in [0, 0.1) is 6.92 Å². The van der Waals surface area contributed by atoms with Crippen molar-refractivity contribution >= 4 is 0 Å². The van der Waals surface area contributed by atoms with Gasteiger partial charge in [0.05, 0.1) is 0 Å². The smallest absolute Gasteiger partial charge is 0.155 e. The molecule has 1 aliphatic heterocycles. The zero-order valence-electron chi connectivity index (χ0n) is 6.59. The van der Waals surface area contributed by atoms with E-state index >= 15 is 0 Å².